The molecule has 2 heterocycles. The quantitative estimate of drug-likeness (QED) is 0.549. The minimum Gasteiger partial charge on any atom is -0.494 e. The maximum Gasteiger partial charge on any atom is 0.255 e. The second-order valence-electron chi connectivity index (χ2n) is 8.32. The van der Waals surface area contributed by atoms with Gasteiger partial charge in [-0.3, -0.25) is 9.59 Å². The Morgan fingerprint density at radius 3 is 2.58 bits per heavy atom. The Kier molecular flexibility index (Phi) is 5.48. The Morgan fingerprint density at radius 2 is 1.85 bits per heavy atom. The first-order chi connectivity index (χ1) is 16.0. The van der Waals surface area contributed by atoms with Gasteiger partial charge in [-0.1, -0.05) is 17.7 Å². The smallest absolute Gasteiger partial charge is 0.255 e. The van der Waals surface area contributed by atoms with Crippen LogP contribution in [0.2, 0.25) is 0 Å². The van der Waals surface area contributed by atoms with Crippen molar-refractivity contribution in [1.29, 1.82) is 0 Å². The summed E-state index contributed by atoms with van der Waals surface area (Å²) in [7, 11) is 0. The number of ether oxygens (including phenoxy) is 1. The van der Waals surface area contributed by atoms with Crippen molar-refractivity contribution in [2.45, 2.75) is 19.9 Å². The molecule has 1 fully saturated rings. The number of carbonyl (C=O) groups excluding carboxylic acids is 2. The topological polar surface area (TPSA) is 82.7 Å². The number of hydrazine groups is 1. The van der Waals surface area contributed by atoms with Crippen LogP contribution in [-0.4, -0.2) is 25.0 Å². The lowest BCUT2D eigenvalue weighted by molar-refractivity contribution is -0.120. The number of fused-ring (bicyclic) bond motifs is 3. The Balaban J connectivity index is 1.37. The molecule has 0 bridgehead atoms. The molecule has 0 spiro atoms. The molecule has 2 unspecified atom stereocenters. The van der Waals surface area contributed by atoms with Crippen molar-refractivity contribution in [3.05, 3.63) is 83.4 Å². The molecule has 5 rings (SSSR count). The number of benzene rings is 3. The molecule has 0 radical (unpaired) electrons. The molecular weight excluding hydrogens is 416 g/mol. The molecule has 2 aliphatic heterocycles. The van der Waals surface area contributed by atoms with E-state index in [-0.39, 0.29) is 23.8 Å². The van der Waals surface area contributed by atoms with E-state index < -0.39 is 0 Å². The molecule has 3 aromatic carbocycles. The normalized spacial score (nSPS) is 18.8. The lowest BCUT2D eigenvalue weighted by Gasteiger charge is -2.27. The minimum atomic E-state index is -0.247. The number of anilines is 3. The zero-order chi connectivity index (χ0) is 22.9. The van der Waals surface area contributed by atoms with E-state index in [1.165, 1.54) is 0 Å². The summed E-state index contributed by atoms with van der Waals surface area (Å²) in [5, 5.41) is 7.90. The van der Waals surface area contributed by atoms with Gasteiger partial charge >= 0.3 is 0 Å². The van der Waals surface area contributed by atoms with Crippen molar-refractivity contribution < 1.29 is 14.3 Å². The summed E-state index contributed by atoms with van der Waals surface area (Å²) in [5.74, 6) is 0.328. The largest absolute Gasteiger partial charge is 0.494 e. The molecule has 7 heteroatoms. The highest BCUT2D eigenvalue weighted by Gasteiger charge is 2.44. The summed E-state index contributed by atoms with van der Waals surface area (Å²) in [5.41, 5.74) is 8.38. The molecule has 0 aliphatic carbocycles. The standard InChI is InChI=1S/C26H26N4O3/c1-3-33-20-11-7-18(8-12-20)28-25(31)17-6-13-23-21(14-17)24-22(15-27-23)26(32)30(29-24)19-9-4-16(2)5-10-19/h4-14,22,24,27,29H,3,15H2,1-2H3,(H,28,31). The van der Waals surface area contributed by atoms with Crippen LogP contribution in [0.5, 0.6) is 5.75 Å². The Hall–Kier alpha value is -3.84. The second kappa shape index (κ2) is 8.60. The van der Waals surface area contributed by atoms with Crippen LogP contribution in [0.25, 0.3) is 0 Å². The summed E-state index contributed by atoms with van der Waals surface area (Å²) in [6.07, 6.45) is 0. The highest BCUT2D eigenvalue weighted by atomic mass is 16.5. The average molecular weight is 443 g/mol. The van der Waals surface area contributed by atoms with Gasteiger partial charge in [0.15, 0.2) is 0 Å². The lowest BCUT2D eigenvalue weighted by Crippen LogP contribution is -2.35. The van der Waals surface area contributed by atoms with Gasteiger partial charge in [-0.05, 0) is 74.0 Å². The Bertz CT molecular complexity index is 1190. The van der Waals surface area contributed by atoms with Gasteiger partial charge in [0.25, 0.3) is 5.91 Å². The van der Waals surface area contributed by atoms with Gasteiger partial charge in [-0.2, -0.15) is 0 Å². The zero-order valence-corrected chi connectivity index (χ0v) is 18.6. The van der Waals surface area contributed by atoms with Crippen molar-refractivity contribution in [2.75, 3.05) is 28.8 Å². The van der Waals surface area contributed by atoms with Gasteiger partial charge in [-0.25, -0.2) is 10.4 Å². The van der Waals surface area contributed by atoms with Crippen LogP contribution in [0, 0.1) is 12.8 Å². The first-order valence-electron chi connectivity index (χ1n) is 11.1. The van der Waals surface area contributed by atoms with Crippen LogP contribution in [-0.2, 0) is 4.79 Å². The number of nitrogens with one attached hydrogen (secondary N) is 3. The molecule has 0 saturated carbocycles. The van der Waals surface area contributed by atoms with Crippen LogP contribution in [0.3, 0.4) is 0 Å². The van der Waals surface area contributed by atoms with Crippen LogP contribution in [0.1, 0.15) is 34.5 Å². The second-order valence-corrected chi connectivity index (χ2v) is 8.32. The third kappa shape index (κ3) is 4.03. The molecule has 3 N–H and O–H groups in total. The van der Waals surface area contributed by atoms with Crippen molar-refractivity contribution in [1.82, 2.24) is 5.43 Å². The van der Waals surface area contributed by atoms with Crippen molar-refractivity contribution in [2.24, 2.45) is 5.92 Å². The monoisotopic (exact) mass is 442 g/mol. The number of rotatable bonds is 5. The molecule has 33 heavy (non-hydrogen) atoms. The van der Waals surface area contributed by atoms with Gasteiger partial charge in [0.2, 0.25) is 5.91 Å². The molecule has 2 atom stereocenters. The Morgan fingerprint density at radius 1 is 1.09 bits per heavy atom. The van der Waals surface area contributed by atoms with Gasteiger partial charge in [0, 0.05) is 23.5 Å². The molecule has 2 aliphatic rings. The van der Waals surface area contributed by atoms with Gasteiger partial charge in [0.1, 0.15) is 5.75 Å². The number of hydrogen-bond acceptors (Lipinski definition) is 5. The van der Waals surface area contributed by atoms with Crippen molar-refractivity contribution in [3.63, 3.8) is 0 Å². The van der Waals surface area contributed by atoms with Crippen LogP contribution in [0.15, 0.2) is 66.7 Å². The first kappa shape index (κ1) is 21.0. The summed E-state index contributed by atoms with van der Waals surface area (Å²) in [6, 6.07) is 20.5. The molecule has 7 nitrogen and oxygen atoms in total. The molecule has 1 saturated heterocycles. The molecule has 3 aromatic rings. The summed E-state index contributed by atoms with van der Waals surface area (Å²) >= 11 is 0. The third-order valence-corrected chi connectivity index (χ3v) is 6.08. The molecule has 2 amide bonds. The van der Waals surface area contributed by atoms with Gasteiger partial charge < -0.3 is 15.4 Å². The van der Waals surface area contributed by atoms with Crippen LogP contribution >= 0.6 is 0 Å². The number of nitrogens with zero attached hydrogens (tertiary/aromatic N) is 1. The highest BCUT2D eigenvalue weighted by molar-refractivity contribution is 6.05. The van der Waals surface area contributed by atoms with Gasteiger partial charge in [0.05, 0.1) is 24.3 Å². The summed E-state index contributed by atoms with van der Waals surface area (Å²) in [4.78, 5) is 26.0. The Labute approximate surface area is 192 Å². The highest BCUT2D eigenvalue weighted by Crippen LogP contribution is 2.40. The van der Waals surface area contributed by atoms with E-state index in [4.69, 9.17) is 4.74 Å². The SMILES string of the molecule is CCOc1ccc(NC(=O)c2ccc3c(c2)C2NN(c4ccc(C)cc4)C(=O)C2CN3)cc1. The summed E-state index contributed by atoms with van der Waals surface area (Å²) in [6.45, 7) is 5.08. The van der Waals surface area contributed by atoms with Crippen molar-refractivity contribution >= 4 is 28.9 Å². The first-order valence-corrected chi connectivity index (χ1v) is 11.1. The number of aryl methyl sites for hydroxylation is 1. The third-order valence-electron chi connectivity index (χ3n) is 6.08. The number of hydrogen-bond donors (Lipinski definition) is 3. The number of amides is 2. The van der Waals surface area contributed by atoms with Crippen LogP contribution < -0.4 is 25.8 Å². The van der Waals surface area contributed by atoms with Gasteiger partial charge in [-0.15, -0.1) is 0 Å². The van der Waals surface area contributed by atoms with E-state index in [1.807, 2.05) is 74.5 Å². The van der Waals surface area contributed by atoms with Crippen LogP contribution in [0.4, 0.5) is 17.1 Å². The predicted octanol–water partition coefficient (Wildman–Crippen LogP) is 4.28. The van der Waals surface area contributed by atoms with E-state index in [0.29, 0.717) is 24.4 Å². The predicted molar refractivity (Wildman–Crippen MR) is 129 cm³/mol. The fraction of sp³-hybridized carbons (Fsp3) is 0.231. The van der Waals surface area contributed by atoms with E-state index in [1.54, 1.807) is 11.1 Å². The average Bonchev–Trinajstić information content (AvgIpc) is 3.17. The fourth-order valence-corrected chi connectivity index (χ4v) is 4.33. The number of carbonyl (C=O) groups is 2. The van der Waals surface area contributed by atoms with E-state index in [9.17, 15) is 9.59 Å². The molecule has 0 aromatic heterocycles. The zero-order valence-electron chi connectivity index (χ0n) is 18.6. The lowest BCUT2D eigenvalue weighted by atomic mass is 9.88. The minimum absolute atomic E-state index is 0.0197. The maximum absolute atomic E-state index is 13.1. The van der Waals surface area contributed by atoms with E-state index in [2.05, 4.69) is 16.1 Å². The van der Waals surface area contributed by atoms with E-state index >= 15 is 0 Å². The maximum atomic E-state index is 13.1. The molecular formula is C26H26N4O3. The van der Waals surface area contributed by atoms with Crippen molar-refractivity contribution in [3.8, 4) is 5.75 Å². The summed E-state index contributed by atoms with van der Waals surface area (Å²) < 4.78 is 5.45. The molecule has 168 valence electrons. The fourth-order valence-electron chi connectivity index (χ4n) is 4.33. The van der Waals surface area contributed by atoms with E-state index in [0.717, 1.165) is 28.3 Å².